The Hall–Kier alpha value is -1.46. The first-order valence-corrected chi connectivity index (χ1v) is 7.95. The van der Waals surface area contributed by atoms with E-state index in [1.807, 2.05) is 0 Å². The van der Waals surface area contributed by atoms with Crippen LogP contribution in [0.1, 0.15) is 19.3 Å². The molecule has 0 saturated carbocycles. The minimum absolute atomic E-state index is 0.0374. The molecule has 1 aliphatic rings. The summed E-state index contributed by atoms with van der Waals surface area (Å²) in [5, 5.41) is 3.33. The van der Waals surface area contributed by atoms with Crippen LogP contribution >= 0.6 is 23.2 Å². The van der Waals surface area contributed by atoms with E-state index >= 15 is 0 Å². The number of carbonyl (C=O) groups excluding carboxylic acids is 2. The summed E-state index contributed by atoms with van der Waals surface area (Å²) < 4.78 is 5.42. The van der Waals surface area contributed by atoms with Crippen LogP contribution in [0, 0.1) is 0 Å². The van der Waals surface area contributed by atoms with Crippen molar-refractivity contribution in [1.82, 2.24) is 10.2 Å². The molecule has 0 aromatic heterocycles. The zero-order valence-corrected chi connectivity index (χ0v) is 13.6. The van der Waals surface area contributed by atoms with Crippen molar-refractivity contribution < 1.29 is 14.3 Å². The van der Waals surface area contributed by atoms with Crippen LogP contribution in [-0.2, 0) is 9.59 Å². The average molecular weight is 345 g/mol. The molecule has 1 N–H and O–H groups in total. The Kier molecular flexibility index (Phi) is 6.34. The van der Waals surface area contributed by atoms with Crippen LogP contribution < -0.4 is 10.1 Å². The number of hydrogen-bond acceptors (Lipinski definition) is 3. The summed E-state index contributed by atoms with van der Waals surface area (Å²) in [4.78, 5) is 25.2. The van der Waals surface area contributed by atoms with Gasteiger partial charge in [-0.05, 0) is 25.0 Å². The minimum atomic E-state index is -0.231. The van der Waals surface area contributed by atoms with Crippen LogP contribution in [0.3, 0.4) is 0 Å². The number of nitrogens with one attached hydrogen (secondary N) is 1. The van der Waals surface area contributed by atoms with Gasteiger partial charge in [-0.1, -0.05) is 29.3 Å². The highest BCUT2D eigenvalue weighted by Crippen LogP contribution is 2.31. The fourth-order valence-corrected chi connectivity index (χ4v) is 2.54. The monoisotopic (exact) mass is 344 g/mol. The Labute approximate surface area is 139 Å². The normalized spacial score (nSPS) is 14.0. The molecule has 2 amide bonds. The molecule has 1 fully saturated rings. The Morgan fingerprint density at radius 2 is 1.95 bits per heavy atom. The maximum atomic E-state index is 11.8. The van der Waals surface area contributed by atoms with E-state index in [2.05, 4.69) is 5.32 Å². The largest absolute Gasteiger partial charge is 0.491 e. The van der Waals surface area contributed by atoms with Crippen LogP contribution in [0.4, 0.5) is 0 Å². The first kappa shape index (κ1) is 16.9. The summed E-state index contributed by atoms with van der Waals surface area (Å²) >= 11 is 11.8. The van der Waals surface area contributed by atoms with Gasteiger partial charge in [-0.25, -0.2) is 0 Å². The topological polar surface area (TPSA) is 58.6 Å². The van der Waals surface area contributed by atoms with E-state index in [0.717, 1.165) is 25.9 Å². The van der Waals surface area contributed by atoms with Gasteiger partial charge in [0.1, 0.15) is 10.8 Å². The molecule has 0 radical (unpaired) electrons. The van der Waals surface area contributed by atoms with Gasteiger partial charge in [0.2, 0.25) is 11.8 Å². The van der Waals surface area contributed by atoms with E-state index in [0.29, 0.717) is 15.8 Å². The summed E-state index contributed by atoms with van der Waals surface area (Å²) in [5.41, 5.74) is 0. The Morgan fingerprint density at radius 1 is 1.23 bits per heavy atom. The SMILES string of the molecule is O=C(CCOc1cccc(Cl)c1Cl)NCC(=O)N1CCCC1. The Morgan fingerprint density at radius 3 is 2.68 bits per heavy atom. The molecule has 0 atom stereocenters. The minimum Gasteiger partial charge on any atom is -0.491 e. The predicted octanol–water partition coefficient (Wildman–Crippen LogP) is 2.50. The smallest absolute Gasteiger partial charge is 0.241 e. The highest BCUT2D eigenvalue weighted by atomic mass is 35.5. The number of carbonyl (C=O) groups is 2. The van der Waals surface area contributed by atoms with Gasteiger partial charge in [0.05, 0.1) is 24.6 Å². The molecule has 1 aromatic rings. The summed E-state index contributed by atoms with van der Waals surface area (Å²) in [7, 11) is 0. The lowest BCUT2D eigenvalue weighted by molar-refractivity contribution is -0.132. The second-order valence-corrected chi connectivity index (χ2v) is 5.80. The van der Waals surface area contributed by atoms with Crippen molar-refractivity contribution in [2.75, 3.05) is 26.2 Å². The average Bonchev–Trinajstić information content (AvgIpc) is 3.03. The van der Waals surface area contributed by atoms with Gasteiger partial charge in [0, 0.05) is 13.1 Å². The van der Waals surface area contributed by atoms with Crippen molar-refractivity contribution in [1.29, 1.82) is 0 Å². The second-order valence-electron chi connectivity index (χ2n) is 5.02. The number of likely N-dealkylation sites (tertiary alicyclic amines) is 1. The quantitative estimate of drug-likeness (QED) is 0.862. The Bertz CT molecular complexity index is 546. The molecule has 2 rings (SSSR count). The van der Waals surface area contributed by atoms with E-state index in [-0.39, 0.29) is 31.4 Å². The maximum Gasteiger partial charge on any atom is 0.241 e. The van der Waals surface area contributed by atoms with Crippen LogP contribution in [0.15, 0.2) is 18.2 Å². The number of ether oxygens (including phenoxy) is 1. The van der Waals surface area contributed by atoms with Crippen LogP contribution in [0.25, 0.3) is 0 Å². The number of amides is 2. The number of rotatable bonds is 6. The number of halogens is 2. The van der Waals surface area contributed by atoms with Crippen molar-refractivity contribution in [3.05, 3.63) is 28.2 Å². The lowest BCUT2D eigenvalue weighted by Gasteiger charge is -2.15. The van der Waals surface area contributed by atoms with Crippen LogP contribution in [0.2, 0.25) is 10.0 Å². The van der Waals surface area contributed by atoms with E-state index in [9.17, 15) is 9.59 Å². The molecule has 1 saturated heterocycles. The van der Waals surface area contributed by atoms with Crippen molar-refractivity contribution in [3.63, 3.8) is 0 Å². The van der Waals surface area contributed by atoms with E-state index in [4.69, 9.17) is 27.9 Å². The van der Waals surface area contributed by atoms with Gasteiger partial charge in [-0.15, -0.1) is 0 Å². The molecule has 1 aromatic carbocycles. The molecular formula is C15H18Cl2N2O3. The molecule has 1 aliphatic heterocycles. The molecule has 0 spiro atoms. The number of hydrogen-bond donors (Lipinski definition) is 1. The Balaban J connectivity index is 1.67. The molecule has 120 valence electrons. The van der Waals surface area contributed by atoms with Crippen molar-refractivity contribution in [2.24, 2.45) is 0 Å². The second kappa shape index (κ2) is 8.25. The predicted molar refractivity (Wildman–Crippen MR) is 85.4 cm³/mol. The van der Waals surface area contributed by atoms with Gasteiger partial charge in [0.25, 0.3) is 0 Å². The first-order valence-electron chi connectivity index (χ1n) is 7.19. The zero-order chi connectivity index (χ0) is 15.9. The molecule has 0 unspecified atom stereocenters. The van der Waals surface area contributed by atoms with Gasteiger partial charge in [-0.3, -0.25) is 9.59 Å². The third-order valence-electron chi connectivity index (χ3n) is 3.40. The van der Waals surface area contributed by atoms with E-state index in [1.54, 1.807) is 23.1 Å². The van der Waals surface area contributed by atoms with Gasteiger partial charge >= 0.3 is 0 Å². The summed E-state index contributed by atoms with van der Waals surface area (Å²) in [6, 6.07) is 5.06. The van der Waals surface area contributed by atoms with Gasteiger partial charge < -0.3 is 15.0 Å². The fourth-order valence-electron chi connectivity index (χ4n) is 2.19. The number of nitrogens with zero attached hydrogens (tertiary/aromatic N) is 1. The maximum absolute atomic E-state index is 11.8. The summed E-state index contributed by atoms with van der Waals surface area (Å²) in [6.45, 7) is 1.77. The third kappa shape index (κ3) is 4.78. The molecular weight excluding hydrogens is 327 g/mol. The van der Waals surface area contributed by atoms with Gasteiger partial charge in [0.15, 0.2) is 0 Å². The molecule has 1 heterocycles. The molecule has 0 bridgehead atoms. The highest BCUT2D eigenvalue weighted by molar-refractivity contribution is 6.42. The lowest BCUT2D eigenvalue weighted by Crippen LogP contribution is -2.38. The molecule has 22 heavy (non-hydrogen) atoms. The summed E-state index contributed by atoms with van der Waals surface area (Å²) in [5.74, 6) is 0.172. The molecule has 7 heteroatoms. The van der Waals surface area contributed by atoms with E-state index in [1.165, 1.54) is 0 Å². The lowest BCUT2D eigenvalue weighted by atomic mass is 10.3. The standard InChI is InChI=1S/C15H18Cl2N2O3/c16-11-4-3-5-12(15(11)17)22-9-6-13(20)18-10-14(21)19-7-1-2-8-19/h3-5H,1-2,6-10H2,(H,18,20). The fraction of sp³-hybridized carbons (Fsp3) is 0.467. The third-order valence-corrected chi connectivity index (χ3v) is 4.20. The molecule has 0 aliphatic carbocycles. The first-order chi connectivity index (χ1) is 10.6. The molecule has 5 nitrogen and oxygen atoms in total. The van der Waals surface area contributed by atoms with Crippen molar-refractivity contribution >= 4 is 35.0 Å². The summed E-state index contributed by atoms with van der Waals surface area (Å²) in [6.07, 6.45) is 2.22. The van der Waals surface area contributed by atoms with Crippen LogP contribution in [0.5, 0.6) is 5.75 Å². The van der Waals surface area contributed by atoms with Crippen molar-refractivity contribution in [3.8, 4) is 5.75 Å². The number of benzene rings is 1. The highest BCUT2D eigenvalue weighted by Gasteiger charge is 2.18. The van der Waals surface area contributed by atoms with Crippen molar-refractivity contribution in [2.45, 2.75) is 19.3 Å². The van der Waals surface area contributed by atoms with E-state index < -0.39 is 0 Å². The van der Waals surface area contributed by atoms with Gasteiger partial charge in [-0.2, -0.15) is 0 Å². The zero-order valence-electron chi connectivity index (χ0n) is 12.1. The van der Waals surface area contributed by atoms with Crippen LogP contribution in [-0.4, -0.2) is 43.0 Å².